The SMILES string of the molecule is C.C=CC.CC(=O)c1ccc([N+](=O)[O-])cc1.CC(C)(C)C.CC(c1ccccc1)(c1ccccc1)c1ccccc1.CC1CCCCO1.CCC.CCC.CCc1c(F)c(F)c(F)c(F)c1F.CCc1ccc([N+](=O)[O-])cc1.CCc1ccccc1.CP(=O)(c1ccccc1)c1ccccc1.CS(=O)(=O)O.C[Si](C)(C)C.Cc1ccccc1. The number of aryl methyl sites for hydroxylation is 3. The van der Waals surface area contributed by atoms with E-state index in [1.807, 2.05) is 105 Å². The van der Waals surface area contributed by atoms with Crippen LogP contribution < -0.4 is 10.6 Å². The van der Waals surface area contributed by atoms with E-state index in [-0.39, 0.29) is 41.3 Å². The molecular formula is C98H136F5N2O10PSSi. The van der Waals surface area contributed by atoms with Crippen LogP contribution in [0.5, 0.6) is 0 Å². The number of ketones is 1. The lowest BCUT2D eigenvalue weighted by molar-refractivity contribution is -0.385. The summed E-state index contributed by atoms with van der Waals surface area (Å²) in [6.45, 7) is 48.0. The molecule has 10 aromatic rings. The van der Waals surface area contributed by atoms with Gasteiger partial charge in [-0.15, -0.1) is 6.58 Å². The van der Waals surface area contributed by atoms with E-state index in [1.165, 1.54) is 110 Å². The summed E-state index contributed by atoms with van der Waals surface area (Å²) in [4.78, 5) is 30.3. The Labute approximate surface area is 707 Å². The minimum absolute atomic E-state index is 0. The highest BCUT2D eigenvalue weighted by Gasteiger charge is 2.31. The van der Waals surface area contributed by atoms with E-state index in [0.29, 0.717) is 23.3 Å². The van der Waals surface area contributed by atoms with E-state index >= 15 is 0 Å². The molecule has 1 heterocycles. The second kappa shape index (κ2) is 64.4. The van der Waals surface area contributed by atoms with Crippen molar-refractivity contribution in [1.82, 2.24) is 0 Å². The smallest absolute Gasteiger partial charge is 0.269 e. The molecule has 0 amide bonds. The quantitative estimate of drug-likeness (QED) is 0.0112. The largest absolute Gasteiger partial charge is 0.379 e. The third-order valence-electron chi connectivity index (χ3n) is 14.8. The van der Waals surface area contributed by atoms with Gasteiger partial charge in [-0.2, -0.15) is 8.42 Å². The highest BCUT2D eigenvalue weighted by Crippen LogP contribution is 2.39. The van der Waals surface area contributed by atoms with Crippen molar-refractivity contribution in [3.8, 4) is 0 Å². The van der Waals surface area contributed by atoms with Gasteiger partial charge in [0.05, 0.1) is 22.2 Å². The fourth-order valence-electron chi connectivity index (χ4n) is 9.17. The zero-order valence-corrected chi connectivity index (χ0v) is 76.0. The van der Waals surface area contributed by atoms with Gasteiger partial charge in [0.15, 0.2) is 29.1 Å². The van der Waals surface area contributed by atoms with Crippen molar-refractivity contribution < 1.29 is 58.9 Å². The van der Waals surface area contributed by atoms with Crippen LogP contribution in [0.4, 0.5) is 33.3 Å². The van der Waals surface area contributed by atoms with Gasteiger partial charge in [0.1, 0.15) is 7.14 Å². The molecule has 0 aromatic heterocycles. The van der Waals surface area contributed by atoms with E-state index in [2.05, 4.69) is 243 Å². The second-order valence-electron chi connectivity index (χ2n) is 30.1. The number of allylic oxidation sites excluding steroid dienone is 1. The van der Waals surface area contributed by atoms with Crippen LogP contribution >= 0.6 is 7.14 Å². The number of carbonyl (C=O) groups is 1. The number of hydrogen-bond acceptors (Lipinski definition) is 9. The zero-order valence-electron chi connectivity index (χ0n) is 73.3. The number of Topliss-reactive ketones (excluding diaryl/α,β-unsaturated/α-hetero) is 1. The molecule has 1 fully saturated rings. The number of non-ortho nitro benzene ring substituents is 2. The third-order valence-corrected chi connectivity index (χ3v) is 17.4. The minimum atomic E-state index is -3.67. The average Bonchev–Trinajstić information content (AvgIpc) is 0.773. The number of hydrogen-bond donors (Lipinski definition) is 1. The van der Waals surface area contributed by atoms with Crippen LogP contribution in [0.25, 0.3) is 0 Å². The number of rotatable bonds is 11. The first kappa shape index (κ1) is 115. The van der Waals surface area contributed by atoms with Gasteiger partial charge >= 0.3 is 0 Å². The molecule has 118 heavy (non-hydrogen) atoms. The molecule has 0 radical (unpaired) electrons. The summed E-state index contributed by atoms with van der Waals surface area (Å²) in [6.07, 6.45) is 11.2. The number of halogens is 5. The fourth-order valence-corrected chi connectivity index (χ4v) is 11.0. The molecule has 12 nitrogen and oxygen atoms in total. The Morgan fingerprint density at radius 2 is 0.780 bits per heavy atom. The van der Waals surface area contributed by atoms with Gasteiger partial charge in [-0.1, -0.05) is 359 Å². The van der Waals surface area contributed by atoms with Crippen LogP contribution in [-0.4, -0.2) is 62.3 Å². The standard InChI is InChI=1S/C20H18.C13H13OP.C8H5F5.C8H7NO3.C8H9NO2.C8H10.C7H8.C6H12O.C5H12.C4H12Si.2C3H8.C3H6.CH4O3S.CH4/c1-20(17-11-5-2-6-12-17,18-13-7-3-8-14-18)19-15-9-4-10-16-19;1-15(14,12-8-4-2-5-9-12)13-10-6-3-7-11-13;1-2-3-4(9)6(11)8(13)7(12)5(3)10;1-6(10)7-2-4-8(5-3-7)9(11)12;1-2-7-3-5-8(6-4-7)9(10)11;1-2-8-6-4-3-5-7-8;1-7-5-3-2-4-6-7;1-6-4-2-3-5-7-6;2*1-5(2,3)4;3*1-3-2;1-5(2,3)4;/h2-16H,1H3;2-11H,1H3;2H2,1H3;2-5H,1H3;3-6H,2H2,1H3;3-7H,2H2,1H3;2-6H,1H3;6H,2-5H2,1H3;2*1-4H3;2*3H2,1-2H3;3H,1H2,2H3;1H3,(H,2,3,4);1H4. The van der Waals surface area contributed by atoms with Crippen molar-refractivity contribution in [2.24, 2.45) is 5.41 Å². The topological polar surface area (TPSA) is 184 Å². The molecule has 1 atom stereocenters. The van der Waals surface area contributed by atoms with Crippen LogP contribution in [0.1, 0.15) is 193 Å². The molecule has 648 valence electrons. The van der Waals surface area contributed by atoms with Gasteiger partial charge in [-0.25, -0.2) is 22.0 Å². The van der Waals surface area contributed by atoms with Crippen molar-refractivity contribution in [3.63, 3.8) is 0 Å². The van der Waals surface area contributed by atoms with Crippen LogP contribution in [0, 0.1) is 61.7 Å². The van der Waals surface area contributed by atoms with Crippen molar-refractivity contribution in [2.75, 3.05) is 19.5 Å². The fraction of sp³-hybridized carbons (Fsp3) is 0.357. The molecular weight excluding hydrogens is 1550 g/mol. The Kier molecular flexibility index (Phi) is 62.6. The van der Waals surface area contributed by atoms with Crippen LogP contribution in [0.15, 0.2) is 274 Å². The molecule has 11 rings (SSSR count). The Balaban J connectivity index is -0.000000614. The summed E-state index contributed by atoms with van der Waals surface area (Å²) in [6, 6.07) is 84.2. The maximum atomic E-state index is 12.7. The van der Waals surface area contributed by atoms with Gasteiger partial charge in [0.25, 0.3) is 21.5 Å². The maximum absolute atomic E-state index is 12.7. The maximum Gasteiger partial charge on any atom is 0.269 e. The number of carbonyl (C=O) groups excluding carboxylic acids is 1. The lowest BCUT2D eigenvalue weighted by Crippen LogP contribution is -2.25. The van der Waals surface area contributed by atoms with E-state index in [4.69, 9.17) is 9.29 Å². The van der Waals surface area contributed by atoms with Gasteiger partial charge in [0.2, 0.25) is 5.82 Å². The van der Waals surface area contributed by atoms with Crippen molar-refractivity contribution in [2.45, 2.75) is 207 Å². The van der Waals surface area contributed by atoms with E-state index in [1.54, 1.807) is 18.2 Å². The normalized spacial score (nSPS) is 11.4. The number of nitro groups is 2. The van der Waals surface area contributed by atoms with Gasteiger partial charge in [0, 0.05) is 66.1 Å². The Hall–Kier alpha value is -9.62. The van der Waals surface area contributed by atoms with E-state index in [9.17, 15) is 60.0 Å². The van der Waals surface area contributed by atoms with Gasteiger partial charge < -0.3 is 9.30 Å². The molecule has 0 bridgehead atoms. The Morgan fingerprint density at radius 3 is 0.992 bits per heavy atom. The third kappa shape index (κ3) is 55.1. The monoisotopic (exact) mass is 1690 g/mol. The molecule has 1 saturated heterocycles. The zero-order chi connectivity index (χ0) is 89.8. The predicted octanol–water partition coefficient (Wildman–Crippen LogP) is 28.6. The number of nitrogens with zero attached hydrogens (tertiary/aromatic N) is 2. The summed E-state index contributed by atoms with van der Waals surface area (Å²) in [5.74, 6) is -9.50. The molecule has 0 saturated carbocycles. The number of ether oxygens (including phenoxy) is 1. The Morgan fingerprint density at radius 1 is 0.525 bits per heavy atom. The summed E-state index contributed by atoms with van der Waals surface area (Å²) in [5.41, 5.74) is 8.04. The molecule has 0 aliphatic carbocycles. The molecule has 1 aliphatic heterocycles. The highest BCUT2D eigenvalue weighted by atomic mass is 32.2. The first-order valence-corrected chi connectivity index (χ1v) is 47.4. The van der Waals surface area contributed by atoms with Crippen molar-refractivity contribution >= 4 is 53.1 Å². The summed E-state index contributed by atoms with van der Waals surface area (Å²) in [5, 5.41) is 22.2. The lowest BCUT2D eigenvalue weighted by atomic mass is 9.71. The highest BCUT2D eigenvalue weighted by molar-refractivity contribution is 7.85. The molecule has 1 unspecified atom stereocenters. The average molecular weight is 1690 g/mol. The summed E-state index contributed by atoms with van der Waals surface area (Å²) < 4.78 is 106. The van der Waals surface area contributed by atoms with Crippen LogP contribution in [0.3, 0.4) is 0 Å². The molecule has 20 heteroatoms. The lowest BCUT2D eigenvalue weighted by Gasteiger charge is -2.31. The first-order valence-electron chi connectivity index (χ1n) is 39.4. The van der Waals surface area contributed by atoms with E-state index < -0.39 is 64.9 Å². The summed E-state index contributed by atoms with van der Waals surface area (Å²) in [7, 11) is -6.68. The van der Waals surface area contributed by atoms with Gasteiger partial charge in [-0.3, -0.25) is 29.6 Å². The van der Waals surface area contributed by atoms with Crippen LogP contribution in [-0.2, 0) is 44.1 Å². The predicted molar refractivity (Wildman–Crippen MR) is 494 cm³/mol. The molecule has 10 aromatic carbocycles. The Bertz CT molecular complexity index is 4180. The van der Waals surface area contributed by atoms with Crippen molar-refractivity contribution in [1.29, 1.82) is 0 Å². The molecule has 0 spiro atoms. The van der Waals surface area contributed by atoms with Crippen LogP contribution in [0.2, 0.25) is 26.2 Å². The summed E-state index contributed by atoms with van der Waals surface area (Å²) >= 11 is 0. The molecule has 1 aliphatic rings. The van der Waals surface area contributed by atoms with Gasteiger partial charge in [-0.05, 0) is 125 Å². The van der Waals surface area contributed by atoms with Crippen molar-refractivity contribution in [3.05, 3.63) is 367 Å². The number of nitro benzene ring substituents is 2. The first-order chi connectivity index (χ1) is 54.8. The number of benzene rings is 10. The second-order valence-corrected chi connectivity index (χ2v) is 40.4. The molecule has 1 N–H and O–H groups in total. The minimum Gasteiger partial charge on any atom is -0.379 e. The van der Waals surface area contributed by atoms with E-state index in [0.717, 1.165) is 35.6 Å².